The summed E-state index contributed by atoms with van der Waals surface area (Å²) in [6, 6.07) is -0.926. The van der Waals surface area contributed by atoms with Crippen LogP contribution in [-0.2, 0) is 18.4 Å². The van der Waals surface area contributed by atoms with Gasteiger partial charge in [0.25, 0.3) is 7.82 Å². The first-order chi connectivity index (χ1) is 31.0. The number of allylic oxidation sites excluding steroid dienone is 17. The maximum absolute atomic E-state index is 12.9. The second kappa shape index (κ2) is 45.3. The molecule has 0 radical (unpaired) electrons. The molecule has 3 atom stereocenters. The first kappa shape index (κ1) is 61.2. The van der Waals surface area contributed by atoms with Crippen molar-refractivity contribution in [2.24, 2.45) is 0 Å². The van der Waals surface area contributed by atoms with Crippen LogP contribution in [0.1, 0.15) is 181 Å². The van der Waals surface area contributed by atoms with E-state index in [1.807, 2.05) is 27.2 Å². The number of carbonyl (C=O) groups excluding carboxylic acids is 1. The van der Waals surface area contributed by atoms with E-state index in [0.29, 0.717) is 17.4 Å². The number of phosphoric acid groups is 1. The number of rotatable bonds is 44. The van der Waals surface area contributed by atoms with E-state index in [1.165, 1.54) is 51.4 Å². The molecule has 8 nitrogen and oxygen atoms in total. The summed E-state index contributed by atoms with van der Waals surface area (Å²) in [6.07, 6.45) is 65.7. The number of amides is 1. The van der Waals surface area contributed by atoms with Gasteiger partial charge in [0.1, 0.15) is 13.2 Å². The number of phosphoric ester groups is 1. The summed E-state index contributed by atoms with van der Waals surface area (Å²) in [4.78, 5) is 25.4. The summed E-state index contributed by atoms with van der Waals surface area (Å²) < 4.78 is 23.2. The predicted molar refractivity (Wildman–Crippen MR) is 274 cm³/mol. The topological polar surface area (TPSA) is 108 Å². The fourth-order valence-corrected chi connectivity index (χ4v) is 7.20. The number of likely N-dealkylation sites (N-methyl/N-ethyl adjacent to an activating group) is 1. The summed E-state index contributed by atoms with van der Waals surface area (Å²) in [5.41, 5.74) is 0. The van der Waals surface area contributed by atoms with Crippen LogP contribution < -0.4 is 10.2 Å². The van der Waals surface area contributed by atoms with Crippen molar-refractivity contribution in [1.82, 2.24) is 5.32 Å². The molecule has 0 saturated carbocycles. The molecule has 0 saturated heterocycles. The highest BCUT2D eigenvalue weighted by Crippen LogP contribution is 2.38. The van der Waals surface area contributed by atoms with E-state index in [0.717, 1.165) is 109 Å². The number of nitrogens with zero attached hydrogens (tertiary/aromatic N) is 1. The number of carbonyl (C=O) groups is 1. The SMILES string of the molecule is CC/C=C\C/C=C\C/C=C\C/C=C\C/C=C\C/C=C\CCCCCCCCC(=O)NC(COP(=O)([O-])OCC[N+](C)(C)C)C(O)/C=C/CC/C=C/CC/C=C/CCCCCCCCC. The average molecular weight is 911 g/mol. The molecule has 64 heavy (non-hydrogen) atoms. The van der Waals surface area contributed by atoms with Crippen LogP contribution in [0.25, 0.3) is 0 Å². The molecule has 0 aromatic carbocycles. The van der Waals surface area contributed by atoms with E-state index < -0.39 is 26.6 Å². The largest absolute Gasteiger partial charge is 0.756 e. The van der Waals surface area contributed by atoms with Gasteiger partial charge in [0.05, 0.1) is 39.9 Å². The summed E-state index contributed by atoms with van der Waals surface area (Å²) >= 11 is 0. The van der Waals surface area contributed by atoms with Gasteiger partial charge in [-0.1, -0.05) is 187 Å². The lowest BCUT2D eigenvalue weighted by molar-refractivity contribution is -0.870. The third-order valence-corrected chi connectivity index (χ3v) is 11.4. The number of nitrogens with one attached hydrogen (secondary N) is 1. The van der Waals surface area contributed by atoms with Gasteiger partial charge in [0.2, 0.25) is 5.91 Å². The minimum atomic E-state index is -4.62. The standard InChI is InChI=1S/C55H95N2O6P/c1-6-8-10-12-14-16-18-20-22-24-25-26-27-28-29-30-31-33-35-37-39-41-43-45-47-49-55(59)56-53(52-63-64(60,61)62-51-50-57(3,4)5)54(58)48-46-44-42-40-38-36-34-32-23-21-19-17-15-13-11-9-7-2/h8,10,14,16,20,22-23,25-26,28-29,31-33,38,40,46,48,53-54,58H,6-7,9,11-13,15,17-19,21,24,27,30,34-37,39,41-45,47,49-52H2,1-5H3,(H-,56,59,60,61)/b10-8-,16-14-,22-20-,26-25-,29-28-,32-23+,33-31-,40-38+,48-46+. The molecule has 0 aliphatic heterocycles. The maximum Gasteiger partial charge on any atom is 0.268 e. The monoisotopic (exact) mass is 911 g/mol. The van der Waals surface area contributed by atoms with E-state index >= 15 is 0 Å². The molecule has 0 spiro atoms. The first-order valence-corrected chi connectivity index (χ1v) is 26.7. The van der Waals surface area contributed by atoms with Crippen LogP contribution in [0.15, 0.2) is 109 Å². The van der Waals surface area contributed by atoms with Crippen molar-refractivity contribution in [1.29, 1.82) is 0 Å². The van der Waals surface area contributed by atoms with Crippen molar-refractivity contribution >= 4 is 13.7 Å². The molecular weight excluding hydrogens is 816 g/mol. The zero-order valence-corrected chi connectivity index (χ0v) is 42.3. The summed E-state index contributed by atoms with van der Waals surface area (Å²) in [5.74, 6) is -0.232. The molecule has 0 aliphatic carbocycles. The highest BCUT2D eigenvalue weighted by Gasteiger charge is 2.23. The maximum atomic E-state index is 12.9. The zero-order chi connectivity index (χ0) is 47.1. The number of unbranched alkanes of at least 4 members (excludes halogenated alkanes) is 15. The van der Waals surface area contributed by atoms with Crippen molar-refractivity contribution in [3.63, 3.8) is 0 Å². The Bertz CT molecular complexity index is 1400. The van der Waals surface area contributed by atoms with Crippen LogP contribution in [0.4, 0.5) is 0 Å². The van der Waals surface area contributed by atoms with Crippen molar-refractivity contribution < 1.29 is 32.9 Å². The third kappa shape index (κ3) is 47.1. The molecule has 1 amide bonds. The molecule has 0 bridgehead atoms. The molecule has 366 valence electrons. The molecule has 0 fully saturated rings. The second-order valence-electron chi connectivity index (χ2n) is 17.8. The Labute approximate surface area is 393 Å². The fraction of sp³-hybridized carbons (Fsp3) is 0.655. The van der Waals surface area contributed by atoms with Gasteiger partial charge in [0.15, 0.2) is 0 Å². The minimum Gasteiger partial charge on any atom is -0.756 e. The van der Waals surface area contributed by atoms with Crippen LogP contribution >= 0.6 is 7.82 Å². The van der Waals surface area contributed by atoms with Gasteiger partial charge >= 0.3 is 0 Å². The molecule has 9 heteroatoms. The molecule has 0 rings (SSSR count). The van der Waals surface area contributed by atoms with E-state index in [4.69, 9.17) is 9.05 Å². The van der Waals surface area contributed by atoms with Gasteiger partial charge in [-0.25, -0.2) is 0 Å². The van der Waals surface area contributed by atoms with Crippen LogP contribution in [0.3, 0.4) is 0 Å². The van der Waals surface area contributed by atoms with Crippen LogP contribution in [0.2, 0.25) is 0 Å². The lowest BCUT2D eigenvalue weighted by Gasteiger charge is -2.29. The second-order valence-corrected chi connectivity index (χ2v) is 19.2. The van der Waals surface area contributed by atoms with E-state index in [1.54, 1.807) is 6.08 Å². The normalized spacial score (nSPS) is 15.0. The highest BCUT2D eigenvalue weighted by atomic mass is 31.2. The third-order valence-electron chi connectivity index (χ3n) is 10.4. The molecule has 0 heterocycles. The van der Waals surface area contributed by atoms with E-state index in [2.05, 4.69) is 116 Å². The van der Waals surface area contributed by atoms with Crippen LogP contribution in [0.5, 0.6) is 0 Å². The molecule has 0 aliphatic rings. The van der Waals surface area contributed by atoms with Gasteiger partial charge in [-0.3, -0.25) is 9.36 Å². The van der Waals surface area contributed by atoms with Crippen molar-refractivity contribution in [3.8, 4) is 0 Å². The Balaban J connectivity index is 4.44. The Morgan fingerprint density at radius 2 is 0.969 bits per heavy atom. The number of quaternary nitrogens is 1. The molecule has 0 aromatic heterocycles. The summed E-state index contributed by atoms with van der Waals surface area (Å²) in [5, 5.41) is 13.8. The zero-order valence-electron chi connectivity index (χ0n) is 41.4. The predicted octanol–water partition coefficient (Wildman–Crippen LogP) is 14.2. The lowest BCUT2D eigenvalue weighted by atomic mass is 10.1. The Morgan fingerprint density at radius 3 is 1.45 bits per heavy atom. The van der Waals surface area contributed by atoms with E-state index in [9.17, 15) is 19.4 Å². The fourth-order valence-electron chi connectivity index (χ4n) is 6.48. The van der Waals surface area contributed by atoms with Crippen molar-refractivity contribution in [2.45, 2.75) is 193 Å². The summed E-state index contributed by atoms with van der Waals surface area (Å²) in [7, 11) is 1.20. The smallest absolute Gasteiger partial charge is 0.268 e. The minimum absolute atomic E-state index is 0.0185. The Kier molecular flexibility index (Phi) is 43.3. The number of hydrogen-bond donors (Lipinski definition) is 2. The molecular formula is C55H95N2O6P. The average Bonchev–Trinajstić information content (AvgIpc) is 3.25. The van der Waals surface area contributed by atoms with Crippen molar-refractivity contribution in [2.75, 3.05) is 40.9 Å². The van der Waals surface area contributed by atoms with Crippen LogP contribution in [0, 0.1) is 0 Å². The highest BCUT2D eigenvalue weighted by molar-refractivity contribution is 7.45. The molecule has 3 unspecified atom stereocenters. The molecule has 2 N–H and O–H groups in total. The Hall–Kier alpha value is -2.84. The van der Waals surface area contributed by atoms with Crippen LogP contribution in [-0.4, -0.2) is 68.5 Å². The quantitative estimate of drug-likeness (QED) is 0.0273. The van der Waals surface area contributed by atoms with E-state index in [-0.39, 0.29) is 12.5 Å². The summed E-state index contributed by atoms with van der Waals surface area (Å²) in [6.45, 7) is 4.46. The number of aliphatic hydroxyl groups is 1. The first-order valence-electron chi connectivity index (χ1n) is 25.2. The lowest BCUT2D eigenvalue weighted by Crippen LogP contribution is -2.45. The van der Waals surface area contributed by atoms with Crippen molar-refractivity contribution in [3.05, 3.63) is 109 Å². The van der Waals surface area contributed by atoms with Gasteiger partial charge in [0, 0.05) is 6.42 Å². The molecule has 0 aromatic rings. The van der Waals surface area contributed by atoms with Gasteiger partial charge in [-0.2, -0.15) is 0 Å². The van der Waals surface area contributed by atoms with Gasteiger partial charge in [-0.15, -0.1) is 0 Å². The number of hydrogen-bond acceptors (Lipinski definition) is 6. The van der Waals surface area contributed by atoms with Gasteiger partial charge in [-0.05, 0) is 96.3 Å². The Morgan fingerprint density at radius 1 is 0.562 bits per heavy atom. The van der Waals surface area contributed by atoms with Gasteiger partial charge < -0.3 is 28.8 Å². The number of aliphatic hydroxyl groups excluding tert-OH is 1.